The first kappa shape index (κ1) is 16.2. The molecule has 1 aromatic rings. The number of benzene rings is 1. The van der Waals surface area contributed by atoms with Gasteiger partial charge in [-0.3, -0.25) is 0 Å². The molecule has 0 unspecified atom stereocenters. The topological polar surface area (TPSA) is 30.5 Å². The fourth-order valence-electron chi connectivity index (χ4n) is 3.04. The van der Waals surface area contributed by atoms with Crippen molar-refractivity contribution in [2.75, 3.05) is 19.8 Å². The molecule has 0 saturated heterocycles. The normalized spacial score (nSPS) is 22.0. The van der Waals surface area contributed by atoms with E-state index in [1.165, 1.54) is 32.1 Å². The number of rotatable bonds is 8. The molecule has 1 fully saturated rings. The third-order valence-corrected chi connectivity index (χ3v) is 4.37. The second-order valence-corrected chi connectivity index (χ2v) is 5.81. The van der Waals surface area contributed by atoms with Crippen LogP contribution in [0.5, 0.6) is 11.5 Å². The summed E-state index contributed by atoms with van der Waals surface area (Å²) in [7, 11) is 0. The molecule has 0 aromatic heterocycles. The zero-order chi connectivity index (χ0) is 14.9. The van der Waals surface area contributed by atoms with Gasteiger partial charge in [0.15, 0.2) is 11.5 Å². The Hall–Kier alpha value is -1.22. The van der Waals surface area contributed by atoms with Crippen molar-refractivity contribution < 1.29 is 9.47 Å². The second kappa shape index (κ2) is 8.93. The summed E-state index contributed by atoms with van der Waals surface area (Å²) in [5.41, 5.74) is 0. The van der Waals surface area contributed by atoms with Crippen LogP contribution in [0.15, 0.2) is 24.3 Å². The molecular weight excluding hydrogens is 262 g/mol. The van der Waals surface area contributed by atoms with Crippen LogP contribution < -0.4 is 14.8 Å². The van der Waals surface area contributed by atoms with Crippen LogP contribution in [0.1, 0.15) is 46.0 Å². The Morgan fingerprint density at radius 3 is 2.29 bits per heavy atom. The van der Waals surface area contributed by atoms with Crippen molar-refractivity contribution in [1.82, 2.24) is 5.32 Å². The largest absolute Gasteiger partial charge is 0.490 e. The Morgan fingerprint density at radius 2 is 1.67 bits per heavy atom. The molecule has 0 bridgehead atoms. The first-order valence-electron chi connectivity index (χ1n) is 8.41. The Morgan fingerprint density at radius 1 is 1.00 bits per heavy atom. The Bertz CT molecular complexity index is 400. The molecule has 0 radical (unpaired) electrons. The number of hydrogen-bond acceptors (Lipinski definition) is 3. The summed E-state index contributed by atoms with van der Waals surface area (Å²) in [5, 5.41) is 3.62. The first-order valence-corrected chi connectivity index (χ1v) is 8.41. The lowest BCUT2D eigenvalue weighted by Crippen LogP contribution is -2.35. The van der Waals surface area contributed by atoms with Crippen LogP contribution in [0.2, 0.25) is 0 Å². The fraction of sp³-hybridized carbons (Fsp3) is 0.667. The van der Waals surface area contributed by atoms with Crippen molar-refractivity contribution in [2.24, 2.45) is 5.92 Å². The highest BCUT2D eigenvalue weighted by atomic mass is 16.5. The van der Waals surface area contributed by atoms with Gasteiger partial charge < -0.3 is 14.8 Å². The van der Waals surface area contributed by atoms with Gasteiger partial charge in [-0.2, -0.15) is 0 Å². The average molecular weight is 291 g/mol. The van der Waals surface area contributed by atoms with E-state index in [9.17, 15) is 0 Å². The predicted octanol–water partition coefficient (Wildman–Crippen LogP) is 4.02. The molecule has 3 heteroatoms. The summed E-state index contributed by atoms with van der Waals surface area (Å²) in [4.78, 5) is 0. The molecule has 3 nitrogen and oxygen atoms in total. The summed E-state index contributed by atoms with van der Waals surface area (Å²) in [6.45, 7) is 6.56. The fourth-order valence-corrected chi connectivity index (χ4v) is 3.04. The Kier molecular flexibility index (Phi) is 6.87. The van der Waals surface area contributed by atoms with Crippen molar-refractivity contribution in [1.29, 1.82) is 0 Å². The quantitative estimate of drug-likeness (QED) is 0.734. The van der Waals surface area contributed by atoms with Crippen LogP contribution in [0, 0.1) is 5.92 Å². The van der Waals surface area contributed by atoms with Gasteiger partial charge in [0.1, 0.15) is 6.61 Å². The SMILES string of the molecule is CCOc1ccccc1OCCNC1CCC(CC)CC1. The van der Waals surface area contributed by atoms with Crippen LogP contribution in [0.25, 0.3) is 0 Å². The summed E-state index contributed by atoms with van der Waals surface area (Å²) < 4.78 is 11.4. The van der Waals surface area contributed by atoms with E-state index >= 15 is 0 Å². The molecule has 118 valence electrons. The molecule has 0 heterocycles. The molecule has 0 amide bonds. The number of para-hydroxylation sites is 2. The maximum Gasteiger partial charge on any atom is 0.161 e. The molecule has 1 saturated carbocycles. The Labute approximate surface area is 129 Å². The van der Waals surface area contributed by atoms with Gasteiger partial charge in [-0.25, -0.2) is 0 Å². The third kappa shape index (κ3) is 5.24. The molecule has 0 spiro atoms. The minimum atomic E-state index is 0.666. The van der Waals surface area contributed by atoms with E-state index in [-0.39, 0.29) is 0 Å². The van der Waals surface area contributed by atoms with E-state index in [2.05, 4.69) is 12.2 Å². The van der Waals surface area contributed by atoms with Crippen molar-refractivity contribution in [3.05, 3.63) is 24.3 Å². The van der Waals surface area contributed by atoms with Gasteiger partial charge >= 0.3 is 0 Å². The second-order valence-electron chi connectivity index (χ2n) is 5.81. The van der Waals surface area contributed by atoms with Gasteiger partial charge in [0.2, 0.25) is 0 Å². The highest BCUT2D eigenvalue weighted by Crippen LogP contribution is 2.27. The molecular formula is C18H29NO2. The van der Waals surface area contributed by atoms with E-state index in [1.807, 2.05) is 31.2 Å². The van der Waals surface area contributed by atoms with Gasteiger partial charge in [-0.15, -0.1) is 0 Å². The van der Waals surface area contributed by atoms with E-state index < -0.39 is 0 Å². The Balaban J connectivity index is 1.66. The third-order valence-electron chi connectivity index (χ3n) is 4.37. The number of hydrogen-bond donors (Lipinski definition) is 1. The van der Waals surface area contributed by atoms with Crippen molar-refractivity contribution in [2.45, 2.75) is 52.0 Å². The van der Waals surface area contributed by atoms with Gasteiger partial charge in [0.05, 0.1) is 6.61 Å². The molecule has 1 aromatic carbocycles. The molecule has 0 atom stereocenters. The van der Waals surface area contributed by atoms with Gasteiger partial charge in [0, 0.05) is 12.6 Å². The molecule has 21 heavy (non-hydrogen) atoms. The molecule has 1 N–H and O–H groups in total. The maximum absolute atomic E-state index is 5.84. The number of ether oxygens (including phenoxy) is 2. The minimum Gasteiger partial charge on any atom is -0.490 e. The van der Waals surface area contributed by atoms with E-state index in [1.54, 1.807) is 0 Å². The highest BCUT2D eigenvalue weighted by Gasteiger charge is 2.19. The van der Waals surface area contributed by atoms with Crippen molar-refractivity contribution >= 4 is 0 Å². The lowest BCUT2D eigenvalue weighted by Gasteiger charge is -2.28. The van der Waals surface area contributed by atoms with Gasteiger partial charge in [-0.05, 0) is 50.7 Å². The van der Waals surface area contributed by atoms with Crippen LogP contribution in [-0.4, -0.2) is 25.8 Å². The molecule has 0 aliphatic heterocycles. The van der Waals surface area contributed by atoms with Crippen LogP contribution in [0.4, 0.5) is 0 Å². The van der Waals surface area contributed by atoms with Gasteiger partial charge in [0.25, 0.3) is 0 Å². The molecule has 1 aliphatic rings. The zero-order valence-electron chi connectivity index (χ0n) is 13.4. The summed E-state index contributed by atoms with van der Waals surface area (Å²) in [6, 6.07) is 8.56. The maximum atomic E-state index is 5.84. The molecule has 2 rings (SSSR count). The van der Waals surface area contributed by atoms with Crippen molar-refractivity contribution in [3.8, 4) is 11.5 Å². The van der Waals surface area contributed by atoms with Crippen LogP contribution >= 0.6 is 0 Å². The van der Waals surface area contributed by atoms with E-state index in [4.69, 9.17) is 9.47 Å². The number of nitrogens with one attached hydrogen (secondary N) is 1. The van der Waals surface area contributed by atoms with Crippen LogP contribution in [-0.2, 0) is 0 Å². The van der Waals surface area contributed by atoms with E-state index in [0.717, 1.165) is 24.0 Å². The monoisotopic (exact) mass is 291 g/mol. The smallest absolute Gasteiger partial charge is 0.161 e. The first-order chi connectivity index (χ1) is 10.3. The lowest BCUT2D eigenvalue weighted by molar-refractivity contribution is 0.250. The van der Waals surface area contributed by atoms with Gasteiger partial charge in [-0.1, -0.05) is 25.5 Å². The average Bonchev–Trinajstić information content (AvgIpc) is 2.54. The lowest BCUT2D eigenvalue weighted by atomic mass is 9.84. The summed E-state index contributed by atoms with van der Waals surface area (Å²) in [6.07, 6.45) is 6.72. The van der Waals surface area contributed by atoms with Crippen molar-refractivity contribution in [3.63, 3.8) is 0 Å². The predicted molar refractivity (Wildman–Crippen MR) is 87.1 cm³/mol. The summed E-state index contributed by atoms with van der Waals surface area (Å²) >= 11 is 0. The molecule has 1 aliphatic carbocycles. The standard InChI is InChI=1S/C18H29NO2/c1-3-15-9-11-16(12-10-15)19-13-14-21-18-8-6-5-7-17(18)20-4-2/h5-8,15-16,19H,3-4,9-14H2,1-2H3. The highest BCUT2D eigenvalue weighted by molar-refractivity contribution is 5.39. The van der Waals surface area contributed by atoms with E-state index in [0.29, 0.717) is 19.3 Å². The van der Waals surface area contributed by atoms with Crippen LogP contribution in [0.3, 0.4) is 0 Å². The zero-order valence-corrected chi connectivity index (χ0v) is 13.4. The summed E-state index contributed by atoms with van der Waals surface area (Å²) in [5.74, 6) is 2.64. The minimum absolute atomic E-state index is 0.666.